The molecule has 0 saturated heterocycles. The Bertz CT molecular complexity index is 379. The predicted octanol–water partition coefficient (Wildman–Crippen LogP) is 1.38. The van der Waals surface area contributed by atoms with E-state index in [9.17, 15) is 23.1 Å². The number of carboxylic acids is 1. The monoisotopic (exact) mass is 215 g/mol. The minimum Gasteiger partial charge on any atom is -0.545 e. The van der Waals surface area contributed by atoms with Crippen LogP contribution in [0.3, 0.4) is 0 Å². The summed E-state index contributed by atoms with van der Waals surface area (Å²) in [6.45, 7) is 0. The molecule has 0 aliphatic carbocycles. The number of hydrogen-bond acceptors (Lipinski definition) is 2. The average molecular weight is 215 g/mol. The Morgan fingerprint density at radius 2 is 1.73 bits per heavy atom. The molecule has 0 amide bonds. The number of carbonyl (C=O) groups excluding carboxylic acids is 1. The number of benzene rings is 1. The Hall–Kier alpha value is -1.78. The fourth-order valence-corrected chi connectivity index (χ4v) is 1.06. The Labute approximate surface area is 83.7 Å². The molecular formula is C10H6F3O2-. The second-order valence-electron chi connectivity index (χ2n) is 2.74. The third-order valence-electron chi connectivity index (χ3n) is 1.65. The van der Waals surface area contributed by atoms with Crippen LogP contribution in [0.1, 0.15) is 5.56 Å². The van der Waals surface area contributed by atoms with Gasteiger partial charge in [-0.25, -0.2) is 0 Å². The number of carboxylic acid groups (broad SMARTS) is 1. The molecule has 0 N–H and O–H groups in total. The maximum atomic E-state index is 12.4. The van der Waals surface area contributed by atoms with Gasteiger partial charge >= 0.3 is 6.18 Å². The fourth-order valence-electron chi connectivity index (χ4n) is 1.06. The van der Waals surface area contributed by atoms with Crippen LogP contribution in [0, 0.1) is 0 Å². The van der Waals surface area contributed by atoms with Gasteiger partial charge in [0, 0.05) is 0 Å². The summed E-state index contributed by atoms with van der Waals surface area (Å²) in [7, 11) is 0. The van der Waals surface area contributed by atoms with Crippen molar-refractivity contribution in [3.8, 4) is 0 Å². The molecule has 5 heteroatoms. The van der Waals surface area contributed by atoms with Crippen LogP contribution in [0.2, 0.25) is 0 Å². The molecule has 0 heterocycles. The summed E-state index contributed by atoms with van der Waals surface area (Å²) >= 11 is 0. The topological polar surface area (TPSA) is 40.1 Å². The van der Waals surface area contributed by atoms with E-state index in [1.54, 1.807) is 0 Å². The first kappa shape index (κ1) is 11.3. The quantitative estimate of drug-likeness (QED) is 0.699. The van der Waals surface area contributed by atoms with Gasteiger partial charge in [0.1, 0.15) is 0 Å². The Kier molecular flexibility index (Phi) is 3.14. The molecule has 0 saturated carbocycles. The molecule has 1 rings (SSSR count). The van der Waals surface area contributed by atoms with Gasteiger partial charge in [0.05, 0.1) is 11.5 Å². The molecule has 0 aromatic heterocycles. The van der Waals surface area contributed by atoms with E-state index in [1.165, 1.54) is 30.3 Å². The van der Waals surface area contributed by atoms with E-state index in [4.69, 9.17) is 0 Å². The number of alkyl halides is 3. The summed E-state index contributed by atoms with van der Waals surface area (Å²) in [5, 5.41) is 10.1. The SMILES string of the molecule is O=C([O-])/C=C(/c1ccccc1)C(F)(F)F. The number of carbonyl (C=O) groups is 1. The van der Waals surface area contributed by atoms with Crippen LogP contribution >= 0.6 is 0 Å². The van der Waals surface area contributed by atoms with Crippen LogP contribution in [0.5, 0.6) is 0 Å². The van der Waals surface area contributed by atoms with E-state index in [1.807, 2.05) is 0 Å². The molecule has 2 nitrogen and oxygen atoms in total. The normalized spacial score (nSPS) is 12.6. The number of rotatable bonds is 2. The standard InChI is InChI=1S/C10H7F3O2/c11-10(12,13)8(6-9(14)15)7-4-2-1-3-5-7/h1-6H,(H,14,15)/p-1/b8-6-. The Balaban J connectivity index is 3.20. The molecular weight excluding hydrogens is 209 g/mol. The smallest absolute Gasteiger partial charge is 0.417 e. The lowest BCUT2D eigenvalue weighted by Gasteiger charge is -2.12. The van der Waals surface area contributed by atoms with Crippen LogP contribution < -0.4 is 5.11 Å². The highest BCUT2D eigenvalue weighted by molar-refractivity contribution is 5.90. The van der Waals surface area contributed by atoms with Gasteiger partial charge in [0.25, 0.3) is 0 Å². The van der Waals surface area contributed by atoms with Gasteiger partial charge in [-0.3, -0.25) is 0 Å². The molecule has 0 atom stereocenters. The highest BCUT2D eigenvalue weighted by atomic mass is 19.4. The maximum Gasteiger partial charge on any atom is 0.417 e. The Morgan fingerprint density at radius 3 is 2.13 bits per heavy atom. The molecule has 0 unspecified atom stereocenters. The van der Waals surface area contributed by atoms with Gasteiger partial charge in [-0.15, -0.1) is 0 Å². The summed E-state index contributed by atoms with van der Waals surface area (Å²) in [6, 6.07) is 6.69. The van der Waals surface area contributed by atoms with E-state index in [-0.39, 0.29) is 11.6 Å². The molecule has 0 spiro atoms. The van der Waals surface area contributed by atoms with E-state index in [0.29, 0.717) is 0 Å². The van der Waals surface area contributed by atoms with Crippen molar-refractivity contribution in [1.82, 2.24) is 0 Å². The summed E-state index contributed by atoms with van der Waals surface area (Å²) in [5.41, 5.74) is -1.42. The number of halogens is 3. The van der Waals surface area contributed by atoms with Crippen molar-refractivity contribution in [3.63, 3.8) is 0 Å². The van der Waals surface area contributed by atoms with Crippen molar-refractivity contribution >= 4 is 11.5 Å². The van der Waals surface area contributed by atoms with E-state index < -0.39 is 17.7 Å². The maximum absolute atomic E-state index is 12.4. The van der Waals surface area contributed by atoms with Crippen molar-refractivity contribution in [2.24, 2.45) is 0 Å². The number of aliphatic carboxylic acids is 1. The number of allylic oxidation sites excluding steroid dienone is 1. The van der Waals surface area contributed by atoms with Crippen LogP contribution in [-0.2, 0) is 4.79 Å². The van der Waals surface area contributed by atoms with Gasteiger partial charge < -0.3 is 9.90 Å². The summed E-state index contributed by atoms with van der Waals surface area (Å²) < 4.78 is 37.2. The van der Waals surface area contributed by atoms with Crippen molar-refractivity contribution in [2.75, 3.05) is 0 Å². The highest BCUT2D eigenvalue weighted by Crippen LogP contribution is 2.33. The summed E-state index contributed by atoms with van der Waals surface area (Å²) in [4.78, 5) is 10.1. The zero-order valence-corrected chi connectivity index (χ0v) is 7.41. The largest absolute Gasteiger partial charge is 0.545 e. The van der Waals surface area contributed by atoms with E-state index >= 15 is 0 Å². The van der Waals surface area contributed by atoms with Gasteiger partial charge in [-0.05, 0) is 11.6 Å². The third kappa shape index (κ3) is 3.12. The predicted molar refractivity (Wildman–Crippen MR) is 45.5 cm³/mol. The second kappa shape index (κ2) is 4.16. The van der Waals surface area contributed by atoms with Crippen LogP contribution in [-0.4, -0.2) is 12.1 Å². The molecule has 0 bridgehead atoms. The summed E-state index contributed by atoms with van der Waals surface area (Å²) in [6.07, 6.45) is -4.66. The average Bonchev–Trinajstić information content (AvgIpc) is 2.14. The van der Waals surface area contributed by atoms with Crippen molar-refractivity contribution in [1.29, 1.82) is 0 Å². The lowest BCUT2D eigenvalue weighted by atomic mass is 10.1. The lowest BCUT2D eigenvalue weighted by Crippen LogP contribution is -2.22. The first-order chi connectivity index (χ1) is 6.91. The molecule has 0 fully saturated rings. The van der Waals surface area contributed by atoms with Gasteiger partial charge in [0.15, 0.2) is 0 Å². The second-order valence-corrected chi connectivity index (χ2v) is 2.74. The van der Waals surface area contributed by atoms with E-state index in [2.05, 4.69) is 0 Å². The first-order valence-corrected chi connectivity index (χ1v) is 3.96. The first-order valence-electron chi connectivity index (χ1n) is 3.96. The van der Waals surface area contributed by atoms with Crippen molar-refractivity contribution < 1.29 is 23.1 Å². The fraction of sp³-hybridized carbons (Fsp3) is 0.100. The lowest BCUT2D eigenvalue weighted by molar-refractivity contribution is -0.297. The minimum absolute atomic E-state index is 0.0509. The molecule has 15 heavy (non-hydrogen) atoms. The van der Waals surface area contributed by atoms with Gasteiger partial charge in [-0.1, -0.05) is 30.3 Å². The summed E-state index contributed by atoms with van der Waals surface area (Å²) in [5.74, 6) is -1.87. The molecule has 0 radical (unpaired) electrons. The van der Waals surface area contributed by atoms with Gasteiger partial charge in [-0.2, -0.15) is 13.2 Å². The van der Waals surface area contributed by atoms with Gasteiger partial charge in [0.2, 0.25) is 0 Å². The zero-order valence-electron chi connectivity index (χ0n) is 7.41. The molecule has 0 aliphatic rings. The molecule has 1 aromatic carbocycles. The molecule has 1 aromatic rings. The number of hydrogen-bond donors (Lipinski definition) is 0. The zero-order chi connectivity index (χ0) is 11.5. The van der Waals surface area contributed by atoms with Crippen LogP contribution in [0.15, 0.2) is 36.4 Å². The Morgan fingerprint density at radius 1 is 1.20 bits per heavy atom. The van der Waals surface area contributed by atoms with Crippen molar-refractivity contribution in [2.45, 2.75) is 6.18 Å². The minimum atomic E-state index is -4.71. The molecule has 80 valence electrons. The van der Waals surface area contributed by atoms with Crippen LogP contribution in [0.25, 0.3) is 5.57 Å². The van der Waals surface area contributed by atoms with Crippen LogP contribution in [0.4, 0.5) is 13.2 Å². The highest BCUT2D eigenvalue weighted by Gasteiger charge is 2.34. The molecule has 0 aliphatic heterocycles. The third-order valence-corrected chi connectivity index (χ3v) is 1.65. The van der Waals surface area contributed by atoms with Crippen molar-refractivity contribution in [3.05, 3.63) is 42.0 Å². The van der Waals surface area contributed by atoms with E-state index in [0.717, 1.165) is 0 Å².